The van der Waals surface area contributed by atoms with Gasteiger partial charge >= 0.3 is 6.03 Å². The SMILES string of the molecule is CN(CC(=O)N1CCNC1=O)C[C@@H]1C[C@H](F)CN1Cc1ncccn1. The molecule has 8 nitrogen and oxygen atoms in total. The van der Waals surface area contributed by atoms with Crippen LogP contribution in [0, 0.1) is 0 Å². The summed E-state index contributed by atoms with van der Waals surface area (Å²) in [7, 11) is 1.81. The maximum atomic E-state index is 13.9. The number of carbonyl (C=O) groups is 2. The number of alkyl halides is 1. The largest absolute Gasteiger partial charge is 0.336 e. The molecule has 2 saturated heterocycles. The summed E-state index contributed by atoms with van der Waals surface area (Å²) in [6, 6.07) is 1.39. The topological polar surface area (TPSA) is 81.7 Å². The number of carbonyl (C=O) groups excluding carboxylic acids is 2. The highest BCUT2D eigenvalue weighted by atomic mass is 19.1. The van der Waals surface area contributed by atoms with Gasteiger partial charge in [0.25, 0.3) is 0 Å². The Morgan fingerprint density at radius 2 is 2.20 bits per heavy atom. The zero-order valence-corrected chi connectivity index (χ0v) is 14.3. The number of aromatic nitrogens is 2. The molecule has 0 bridgehead atoms. The van der Waals surface area contributed by atoms with Crippen LogP contribution in [0.1, 0.15) is 12.2 Å². The van der Waals surface area contributed by atoms with Gasteiger partial charge in [0.05, 0.1) is 13.1 Å². The zero-order chi connectivity index (χ0) is 17.8. The second-order valence-electron chi connectivity index (χ2n) is 6.56. The van der Waals surface area contributed by atoms with Gasteiger partial charge in [0.15, 0.2) is 0 Å². The molecule has 2 aliphatic rings. The van der Waals surface area contributed by atoms with Gasteiger partial charge in [-0.25, -0.2) is 19.2 Å². The molecule has 136 valence electrons. The monoisotopic (exact) mass is 350 g/mol. The molecule has 1 aromatic rings. The van der Waals surface area contributed by atoms with Crippen molar-refractivity contribution >= 4 is 11.9 Å². The fraction of sp³-hybridized carbons (Fsp3) is 0.625. The molecule has 2 fully saturated rings. The minimum Gasteiger partial charge on any atom is -0.336 e. The van der Waals surface area contributed by atoms with Gasteiger partial charge in [0.2, 0.25) is 5.91 Å². The van der Waals surface area contributed by atoms with Crippen LogP contribution in [-0.2, 0) is 11.3 Å². The maximum absolute atomic E-state index is 13.9. The van der Waals surface area contributed by atoms with Crippen molar-refractivity contribution in [2.75, 3.05) is 39.8 Å². The normalized spacial score (nSPS) is 24.1. The van der Waals surface area contributed by atoms with Crippen molar-refractivity contribution in [1.82, 2.24) is 30.0 Å². The third-order valence-corrected chi connectivity index (χ3v) is 4.53. The Balaban J connectivity index is 1.54. The predicted molar refractivity (Wildman–Crippen MR) is 88.4 cm³/mol. The minimum absolute atomic E-state index is 0.0102. The molecular formula is C16H23FN6O2. The van der Waals surface area contributed by atoms with Gasteiger partial charge < -0.3 is 5.32 Å². The molecule has 25 heavy (non-hydrogen) atoms. The lowest BCUT2D eigenvalue weighted by molar-refractivity contribution is -0.128. The standard InChI is InChI=1S/C16H23FN6O2/c1-21(11-15(24)23-6-5-20-16(23)25)9-13-7-12(17)8-22(13)10-14-18-3-2-4-19-14/h2-4,12-13H,5-11H2,1H3,(H,20,25)/t12-,13-/m0/s1. The van der Waals surface area contributed by atoms with Crippen LogP contribution in [0.3, 0.4) is 0 Å². The van der Waals surface area contributed by atoms with Gasteiger partial charge in [-0.3, -0.25) is 19.5 Å². The van der Waals surface area contributed by atoms with E-state index in [0.717, 1.165) is 0 Å². The highest BCUT2D eigenvalue weighted by molar-refractivity contribution is 5.96. The predicted octanol–water partition coefficient (Wildman–Crippen LogP) is -0.127. The molecule has 2 aliphatic heterocycles. The molecule has 0 aliphatic carbocycles. The van der Waals surface area contributed by atoms with E-state index in [1.54, 1.807) is 18.5 Å². The van der Waals surface area contributed by atoms with Crippen LogP contribution < -0.4 is 5.32 Å². The van der Waals surface area contributed by atoms with Crippen LogP contribution in [0.25, 0.3) is 0 Å². The summed E-state index contributed by atoms with van der Waals surface area (Å²) >= 11 is 0. The van der Waals surface area contributed by atoms with Gasteiger partial charge in [-0.15, -0.1) is 0 Å². The number of hydrogen-bond donors (Lipinski definition) is 1. The summed E-state index contributed by atoms with van der Waals surface area (Å²) in [6.45, 7) is 2.41. The molecule has 1 aromatic heterocycles. The van der Waals surface area contributed by atoms with E-state index in [4.69, 9.17) is 0 Å². The average molecular weight is 350 g/mol. The number of imide groups is 1. The fourth-order valence-corrected chi connectivity index (χ4v) is 3.35. The molecule has 3 heterocycles. The Bertz CT molecular complexity index is 616. The highest BCUT2D eigenvalue weighted by Crippen LogP contribution is 2.22. The van der Waals surface area contributed by atoms with Crippen molar-refractivity contribution in [1.29, 1.82) is 0 Å². The Morgan fingerprint density at radius 1 is 1.44 bits per heavy atom. The first-order valence-corrected chi connectivity index (χ1v) is 8.43. The van der Waals surface area contributed by atoms with Crippen LogP contribution >= 0.6 is 0 Å². The quantitative estimate of drug-likeness (QED) is 0.770. The number of nitrogens with one attached hydrogen (secondary N) is 1. The number of amides is 3. The Hall–Kier alpha value is -2.13. The van der Waals surface area contributed by atoms with Crippen LogP contribution in [0.4, 0.5) is 9.18 Å². The van der Waals surface area contributed by atoms with Crippen molar-refractivity contribution in [3.05, 3.63) is 24.3 Å². The molecule has 0 saturated carbocycles. The van der Waals surface area contributed by atoms with E-state index in [-0.39, 0.29) is 24.5 Å². The Kier molecular flexibility index (Phi) is 5.54. The lowest BCUT2D eigenvalue weighted by atomic mass is 10.2. The van der Waals surface area contributed by atoms with Crippen LogP contribution in [-0.4, -0.2) is 88.6 Å². The second-order valence-corrected chi connectivity index (χ2v) is 6.56. The van der Waals surface area contributed by atoms with E-state index in [1.807, 2.05) is 16.8 Å². The lowest BCUT2D eigenvalue weighted by Gasteiger charge is -2.28. The summed E-state index contributed by atoms with van der Waals surface area (Å²) in [6.07, 6.45) is 2.88. The van der Waals surface area contributed by atoms with Crippen LogP contribution in [0.5, 0.6) is 0 Å². The molecule has 3 rings (SSSR count). The van der Waals surface area contributed by atoms with E-state index < -0.39 is 6.17 Å². The van der Waals surface area contributed by atoms with Gasteiger partial charge in [0, 0.05) is 44.6 Å². The highest BCUT2D eigenvalue weighted by Gasteiger charge is 2.34. The number of hydrogen-bond acceptors (Lipinski definition) is 6. The summed E-state index contributed by atoms with van der Waals surface area (Å²) in [4.78, 5) is 37.2. The number of likely N-dealkylation sites (tertiary alicyclic amines) is 1. The third kappa shape index (κ3) is 4.49. The zero-order valence-electron chi connectivity index (χ0n) is 14.3. The maximum Gasteiger partial charge on any atom is 0.324 e. The van der Waals surface area contributed by atoms with Crippen molar-refractivity contribution in [2.45, 2.75) is 25.2 Å². The lowest BCUT2D eigenvalue weighted by Crippen LogP contribution is -2.44. The second kappa shape index (κ2) is 7.83. The molecule has 0 radical (unpaired) electrons. The van der Waals surface area contributed by atoms with E-state index in [1.165, 1.54) is 4.90 Å². The summed E-state index contributed by atoms with van der Waals surface area (Å²) < 4.78 is 13.9. The number of nitrogens with zero attached hydrogens (tertiary/aromatic N) is 5. The van der Waals surface area contributed by atoms with Gasteiger partial charge in [0.1, 0.15) is 12.0 Å². The van der Waals surface area contributed by atoms with Crippen LogP contribution in [0.15, 0.2) is 18.5 Å². The van der Waals surface area contributed by atoms with Gasteiger partial charge in [-0.1, -0.05) is 0 Å². The number of rotatable bonds is 6. The minimum atomic E-state index is -0.887. The Labute approximate surface area is 146 Å². The Morgan fingerprint density at radius 3 is 2.88 bits per heavy atom. The number of urea groups is 1. The first-order valence-electron chi connectivity index (χ1n) is 8.43. The molecule has 3 amide bonds. The molecule has 2 atom stereocenters. The smallest absolute Gasteiger partial charge is 0.324 e. The van der Waals surface area contributed by atoms with Crippen molar-refractivity contribution in [3.63, 3.8) is 0 Å². The first kappa shape index (κ1) is 17.7. The summed E-state index contributed by atoms with van der Waals surface area (Å²) in [5.74, 6) is 0.430. The average Bonchev–Trinajstić information content (AvgIpc) is 3.14. The fourth-order valence-electron chi connectivity index (χ4n) is 3.35. The number of halogens is 1. The summed E-state index contributed by atoms with van der Waals surface area (Å²) in [5, 5.41) is 2.61. The molecule has 0 unspecified atom stereocenters. The summed E-state index contributed by atoms with van der Waals surface area (Å²) in [5.41, 5.74) is 0. The molecule has 0 aromatic carbocycles. The van der Waals surface area contributed by atoms with Crippen molar-refractivity contribution in [2.24, 2.45) is 0 Å². The van der Waals surface area contributed by atoms with Gasteiger partial charge in [-0.2, -0.15) is 0 Å². The molecule has 1 N–H and O–H groups in total. The molecular weight excluding hydrogens is 327 g/mol. The van der Waals surface area contributed by atoms with E-state index in [9.17, 15) is 14.0 Å². The third-order valence-electron chi connectivity index (χ3n) is 4.53. The van der Waals surface area contributed by atoms with E-state index in [2.05, 4.69) is 15.3 Å². The van der Waals surface area contributed by atoms with Crippen molar-refractivity contribution < 1.29 is 14.0 Å². The first-order chi connectivity index (χ1) is 12.0. The number of likely N-dealkylation sites (N-methyl/N-ethyl adjacent to an activating group) is 1. The molecule has 9 heteroatoms. The van der Waals surface area contributed by atoms with Crippen molar-refractivity contribution in [3.8, 4) is 0 Å². The van der Waals surface area contributed by atoms with Gasteiger partial charge in [-0.05, 0) is 19.5 Å². The van der Waals surface area contributed by atoms with Crippen LogP contribution in [0.2, 0.25) is 0 Å². The van der Waals surface area contributed by atoms with E-state index >= 15 is 0 Å². The van der Waals surface area contributed by atoms with E-state index in [0.29, 0.717) is 45.0 Å². The molecule has 0 spiro atoms.